The van der Waals surface area contributed by atoms with Crippen molar-refractivity contribution in [3.05, 3.63) is 65.2 Å². The van der Waals surface area contributed by atoms with Crippen LogP contribution in [-0.4, -0.2) is 26.2 Å². The lowest BCUT2D eigenvalue weighted by molar-refractivity contribution is -0.0947. The SMILES string of the molecule is CS(=O)(=O)c1ccc(C2=C(C(F)(F)F)C(C=S)c3ccccc3O2)cc1. The summed E-state index contributed by atoms with van der Waals surface area (Å²) in [5.74, 6) is -1.24. The fourth-order valence-corrected chi connectivity index (χ4v) is 3.72. The highest BCUT2D eigenvalue weighted by molar-refractivity contribution is 7.90. The lowest BCUT2D eigenvalue weighted by Gasteiger charge is -2.30. The first-order valence-electron chi connectivity index (χ1n) is 7.47. The number of hydrogen-bond acceptors (Lipinski definition) is 4. The van der Waals surface area contributed by atoms with E-state index in [0.717, 1.165) is 11.6 Å². The van der Waals surface area contributed by atoms with E-state index in [2.05, 4.69) is 0 Å². The third-order valence-corrected chi connectivity index (χ3v) is 5.41. The lowest BCUT2D eigenvalue weighted by Crippen LogP contribution is -2.26. The maximum absolute atomic E-state index is 13.8. The highest BCUT2D eigenvalue weighted by atomic mass is 32.2. The van der Waals surface area contributed by atoms with Gasteiger partial charge in [0.15, 0.2) is 9.84 Å². The maximum Gasteiger partial charge on any atom is 0.417 e. The van der Waals surface area contributed by atoms with Crippen molar-refractivity contribution in [3.63, 3.8) is 0 Å². The second kappa shape index (κ2) is 6.51. The van der Waals surface area contributed by atoms with Gasteiger partial charge in [-0.05, 0) is 35.7 Å². The topological polar surface area (TPSA) is 43.4 Å². The van der Waals surface area contributed by atoms with E-state index in [9.17, 15) is 21.6 Å². The minimum absolute atomic E-state index is 0.0120. The van der Waals surface area contributed by atoms with Gasteiger partial charge < -0.3 is 4.74 Å². The van der Waals surface area contributed by atoms with Gasteiger partial charge in [-0.25, -0.2) is 8.42 Å². The van der Waals surface area contributed by atoms with Crippen molar-refractivity contribution >= 4 is 33.2 Å². The van der Waals surface area contributed by atoms with Crippen LogP contribution in [0.15, 0.2) is 59.0 Å². The predicted octanol–water partition coefficient (Wildman–Crippen LogP) is 4.54. The summed E-state index contributed by atoms with van der Waals surface area (Å²) >= 11 is 4.87. The van der Waals surface area contributed by atoms with E-state index >= 15 is 0 Å². The Hall–Kier alpha value is -2.19. The highest BCUT2D eigenvalue weighted by Gasteiger charge is 2.45. The van der Waals surface area contributed by atoms with Gasteiger partial charge in [0.25, 0.3) is 0 Å². The van der Waals surface area contributed by atoms with E-state index in [1.54, 1.807) is 18.2 Å². The van der Waals surface area contributed by atoms with Crippen molar-refractivity contribution in [1.82, 2.24) is 0 Å². The van der Waals surface area contributed by atoms with Crippen LogP contribution in [0.25, 0.3) is 5.76 Å². The van der Waals surface area contributed by atoms with Crippen molar-refractivity contribution in [2.24, 2.45) is 0 Å². The molecule has 0 saturated carbocycles. The van der Waals surface area contributed by atoms with Gasteiger partial charge in [-0.2, -0.15) is 13.2 Å². The molecule has 0 aromatic heterocycles. The van der Waals surface area contributed by atoms with Gasteiger partial charge >= 0.3 is 6.18 Å². The van der Waals surface area contributed by atoms with Crippen molar-refractivity contribution in [1.29, 1.82) is 0 Å². The Morgan fingerprint density at radius 3 is 2.23 bits per heavy atom. The van der Waals surface area contributed by atoms with Crippen LogP contribution in [0, 0.1) is 0 Å². The molecule has 0 spiro atoms. The average molecular weight is 398 g/mol. The Bertz CT molecular complexity index is 991. The molecule has 8 heteroatoms. The number of hydrogen-bond donors (Lipinski definition) is 0. The predicted molar refractivity (Wildman–Crippen MR) is 96.0 cm³/mol. The molecular formula is C18H13F3O3S2. The van der Waals surface area contributed by atoms with E-state index in [-0.39, 0.29) is 22.0 Å². The molecule has 1 aliphatic rings. The third-order valence-electron chi connectivity index (χ3n) is 4.01. The Morgan fingerprint density at radius 1 is 1.08 bits per heavy atom. The van der Waals surface area contributed by atoms with Gasteiger partial charge in [0.2, 0.25) is 0 Å². The van der Waals surface area contributed by atoms with Crippen LogP contribution in [0.3, 0.4) is 0 Å². The zero-order valence-corrected chi connectivity index (χ0v) is 15.1. The molecule has 26 heavy (non-hydrogen) atoms. The van der Waals surface area contributed by atoms with E-state index in [4.69, 9.17) is 17.0 Å². The minimum Gasteiger partial charge on any atom is -0.456 e. The minimum atomic E-state index is -4.67. The standard InChI is InChI=1S/C18H13F3O3S2/c1-26(22,23)12-8-6-11(7-9-12)17-16(18(19,20)21)14(10-25)13-4-2-3-5-15(13)24-17/h2-10,14H,1H3. The molecule has 0 bridgehead atoms. The second-order valence-electron chi connectivity index (χ2n) is 5.79. The molecule has 0 aliphatic carbocycles. The number of halogens is 3. The smallest absolute Gasteiger partial charge is 0.417 e. The monoisotopic (exact) mass is 398 g/mol. The molecule has 1 heterocycles. The van der Waals surface area contributed by atoms with Gasteiger partial charge in [-0.15, -0.1) is 0 Å². The summed E-state index contributed by atoms with van der Waals surface area (Å²) in [5, 5.41) is 1.06. The highest BCUT2D eigenvalue weighted by Crippen LogP contribution is 2.48. The van der Waals surface area contributed by atoms with Gasteiger partial charge in [-0.3, -0.25) is 0 Å². The molecule has 136 valence electrons. The second-order valence-corrected chi connectivity index (χ2v) is 8.08. The first-order valence-corrected chi connectivity index (χ1v) is 9.83. The van der Waals surface area contributed by atoms with Gasteiger partial charge in [0.05, 0.1) is 10.5 Å². The number of fused-ring (bicyclic) bond motifs is 1. The number of alkyl halides is 3. The Labute approximate surface area is 154 Å². The van der Waals surface area contributed by atoms with Gasteiger partial charge in [-0.1, -0.05) is 30.4 Å². The summed E-state index contributed by atoms with van der Waals surface area (Å²) in [6.07, 6.45) is -3.64. The van der Waals surface area contributed by atoms with E-state index < -0.39 is 27.5 Å². The average Bonchev–Trinajstić information content (AvgIpc) is 2.58. The number of para-hydroxylation sites is 1. The summed E-state index contributed by atoms with van der Waals surface area (Å²) < 4.78 is 70.0. The summed E-state index contributed by atoms with van der Waals surface area (Å²) in [5.41, 5.74) is -0.439. The fraction of sp³-hybridized carbons (Fsp3) is 0.167. The Balaban J connectivity index is 2.21. The molecule has 1 aliphatic heterocycles. The number of sulfone groups is 1. The number of rotatable bonds is 3. The van der Waals surface area contributed by atoms with E-state index in [1.165, 1.54) is 30.3 Å². The number of ether oxygens (including phenoxy) is 1. The maximum atomic E-state index is 13.8. The van der Waals surface area contributed by atoms with Crippen molar-refractivity contribution in [3.8, 4) is 5.75 Å². The quantitative estimate of drug-likeness (QED) is 0.712. The van der Waals surface area contributed by atoms with E-state index in [0.29, 0.717) is 5.56 Å². The zero-order valence-electron chi connectivity index (χ0n) is 13.4. The van der Waals surface area contributed by atoms with Crippen LogP contribution in [0.4, 0.5) is 13.2 Å². The summed E-state index contributed by atoms with van der Waals surface area (Å²) in [6.45, 7) is 0. The van der Waals surface area contributed by atoms with Crippen LogP contribution < -0.4 is 4.74 Å². The number of allylic oxidation sites excluding steroid dienone is 1. The number of benzene rings is 2. The van der Waals surface area contributed by atoms with Crippen LogP contribution in [-0.2, 0) is 9.84 Å². The molecule has 0 saturated heterocycles. The summed E-state index contributed by atoms with van der Waals surface area (Å²) in [7, 11) is -3.46. The van der Waals surface area contributed by atoms with Crippen molar-refractivity contribution in [2.75, 3.05) is 6.26 Å². The molecule has 0 amide bonds. The molecule has 0 fully saturated rings. The largest absolute Gasteiger partial charge is 0.456 e. The molecule has 2 aromatic carbocycles. The zero-order chi connectivity index (χ0) is 19.1. The Morgan fingerprint density at radius 2 is 1.69 bits per heavy atom. The molecule has 3 rings (SSSR count). The molecule has 3 nitrogen and oxygen atoms in total. The molecule has 1 unspecified atom stereocenters. The Kier molecular flexibility index (Phi) is 4.66. The van der Waals surface area contributed by atoms with Crippen LogP contribution in [0.5, 0.6) is 5.75 Å². The number of thiocarbonyl (C=S) groups is 1. The van der Waals surface area contributed by atoms with Crippen LogP contribution in [0.2, 0.25) is 0 Å². The first-order chi connectivity index (χ1) is 12.1. The normalized spacial score (nSPS) is 17.5. The molecular weight excluding hydrogens is 385 g/mol. The van der Waals surface area contributed by atoms with Crippen LogP contribution in [0.1, 0.15) is 17.0 Å². The molecule has 2 aromatic rings. The molecule has 0 radical (unpaired) electrons. The summed E-state index contributed by atoms with van der Waals surface area (Å²) in [6, 6.07) is 11.5. The first kappa shape index (κ1) is 18.6. The summed E-state index contributed by atoms with van der Waals surface area (Å²) in [4.78, 5) is 0.0120. The molecule has 0 N–H and O–H groups in total. The van der Waals surface area contributed by atoms with Gasteiger partial charge in [0, 0.05) is 23.3 Å². The van der Waals surface area contributed by atoms with Crippen molar-refractivity contribution < 1.29 is 26.3 Å². The van der Waals surface area contributed by atoms with E-state index in [1.807, 2.05) is 0 Å². The fourth-order valence-electron chi connectivity index (χ4n) is 2.81. The third kappa shape index (κ3) is 3.39. The molecule has 1 atom stereocenters. The van der Waals surface area contributed by atoms with Crippen LogP contribution >= 0.6 is 12.2 Å². The van der Waals surface area contributed by atoms with Crippen molar-refractivity contribution in [2.45, 2.75) is 17.0 Å². The lowest BCUT2D eigenvalue weighted by atomic mass is 9.87. The van der Waals surface area contributed by atoms with Gasteiger partial charge in [0.1, 0.15) is 11.5 Å².